The zero-order valence-electron chi connectivity index (χ0n) is 17.7. The lowest BCUT2D eigenvalue weighted by Crippen LogP contribution is -2.34. The van der Waals surface area contributed by atoms with Crippen molar-refractivity contribution in [1.82, 2.24) is 19.9 Å². The van der Waals surface area contributed by atoms with Gasteiger partial charge in [-0.1, -0.05) is 17.9 Å². The van der Waals surface area contributed by atoms with E-state index in [-0.39, 0.29) is 17.0 Å². The van der Waals surface area contributed by atoms with Crippen LogP contribution in [0.2, 0.25) is 0 Å². The van der Waals surface area contributed by atoms with Gasteiger partial charge in [-0.15, -0.1) is 0 Å². The molecule has 0 bridgehead atoms. The molecule has 1 aromatic carbocycles. The number of benzene rings is 1. The van der Waals surface area contributed by atoms with Crippen molar-refractivity contribution in [2.24, 2.45) is 0 Å². The number of anilines is 1. The van der Waals surface area contributed by atoms with Crippen LogP contribution >= 0.6 is 0 Å². The van der Waals surface area contributed by atoms with Gasteiger partial charge in [0.2, 0.25) is 5.43 Å². The van der Waals surface area contributed by atoms with Crippen molar-refractivity contribution >= 4 is 22.8 Å². The predicted octanol–water partition coefficient (Wildman–Crippen LogP) is 2.90. The number of nitrogens with zero attached hydrogens (tertiary/aromatic N) is 3. The molecule has 3 N–H and O–H groups in total. The van der Waals surface area contributed by atoms with Crippen LogP contribution in [0.1, 0.15) is 35.3 Å². The van der Waals surface area contributed by atoms with E-state index in [1.165, 1.54) is 6.20 Å². The fraction of sp³-hybridized carbons (Fsp3) is 0.120. The number of fused-ring (bicyclic) bond motifs is 1. The van der Waals surface area contributed by atoms with Crippen LogP contribution in [0.4, 0.5) is 5.82 Å². The van der Waals surface area contributed by atoms with E-state index in [9.17, 15) is 9.59 Å². The zero-order valence-corrected chi connectivity index (χ0v) is 17.7. The van der Waals surface area contributed by atoms with Crippen LogP contribution in [0.3, 0.4) is 0 Å². The largest absolute Gasteiger partial charge is 0.384 e. The molecule has 0 spiro atoms. The zero-order chi connectivity index (χ0) is 22.7. The highest BCUT2D eigenvalue weighted by Gasteiger charge is 2.17. The minimum absolute atomic E-state index is 0.0589. The second kappa shape index (κ2) is 8.74. The van der Waals surface area contributed by atoms with Crippen molar-refractivity contribution in [3.8, 4) is 17.5 Å². The summed E-state index contributed by atoms with van der Waals surface area (Å²) in [7, 11) is 0. The third kappa shape index (κ3) is 4.35. The van der Waals surface area contributed by atoms with E-state index in [1.807, 2.05) is 38.1 Å². The van der Waals surface area contributed by atoms with Crippen LogP contribution in [0.25, 0.3) is 16.7 Å². The first-order valence-corrected chi connectivity index (χ1v) is 10.1. The molecule has 0 fully saturated rings. The summed E-state index contributed by atoms with van der Waals surface area (Å²) in [6.45, 7) is 3.69. The maximum atomic E-state index is 12.9. The third-order valence-electron chi connectivity index (χ3n) is 4.69. The van der Waals surface area contributed by atoms with Crippen molar-refractivity contribution in [3.05, 3.63) is 94.0 Å². The molecule has 7 nitrogen and oxygen atoms in total. The third-order valence-corrected chi connectivity index (χ3v) is 4.69. The van der Waals surface area contributed by atoms with Gasteiger partial charge in [0.1, 0.15) is 17.0 Å². The van der Waals surface area contributed by atoms with Gasteiger partial charge in [0.25, 0.3) is 5.91 Å². The second-order valence-electron chi connectivity index (χ2n) is 7.52. The maximum Gasteiger partial charge on any atom is 0.256 e. The number of nitrogen functional groups attached to an aromatic ring is 1. The molecule has 0 aliphatic rings. The maximum absolute atomic E-state index is 12.9. The molecule has 0 saturated carbocycles. The van der Waals surface area contributed by atoms with Crippen LogP contribution in [0.15, 0.2) is 71.9 Å². The van der Waals surface area contributed by atoms with Gasteiger partial charge < -0.3 is 15.6 Å². The first kappa shape index (κ1) is 20.8. The van der Waals surface area contributed by atoms with Crippen LogP contribution in [-0.4, -0.2) is 26.5 Å². The standard InChI is InChI=1S/C25H21N5O2/c1-16(2)29-25(32)21-15-30(24-20(23(21)31)7-4-12-27-24)19-6-3-5-17(13-19)8-9-18-10-11-22(26)28-14-18/h3-7,10-16H,1-2H3,(H2,26,28)(H,29,32). The molecular weight excluding hydrogens is 402 g/mol. The van der Waals surface area contributed by atoms with E-state index >= 15 is 0 Å². The highest BCUT2D eigenvalue weighted by molar-refractivity contribution is 5.97. The number of amides is 1. The van der Waals surface area contributed by atoms with Gasteiger partial charge in [0, 0.05) is 41.4 Å². The van der Waals surface area contributed by atoms with Crippen LogP contribution in [0, 0.1) is 11.8 Å². The Bertz CT molecular complexity index is 1430. The van der Waals surface area contributed by atoms with E-state index in [0.29, 0.717) is 16.9 Å². The number of rotatable bonds is 3. The quantitative estimate of drug-likeness (QED) is 0.493. The number of hydrogen-bond acceptors (Lipinski definition) is 5. The molecule has 3 aromatic heterocycles. The van der Waals surface area contributed by atoms with Gasteiger partial charge in [-0.2, -0.15) is 0 Å². The van der Waals surface area contributed by atoms with Gasteiger partial charge in [0.15, 0.2) is 0 Å². The van der Waals surface area contributed by atoms with Gasteiger partial charge in [-0.3, -0.25) is 9.59 Å². The molecule has 158 valence electrons. The van der Waals surface area contributed by atoms with Gasteiger partial charge in [0.05, 0.1) is 5.39 Å². The van der Waals surface area contributed by atoms with Crippen molar-refractivity contribution < 1.29 is 4.79 Å². The Hall–Kier alpha value is -4.44. The Morgan fingerprint density at radius 3 is 2.62 bits per heavy atom. The lowest BCUT2D eigenvalue weighted by atomic mass is 10.1. The lowest BCUT2D eigenvalue weighted by molar-refractivity contribution is 0.0941. The highest BCUT2D eigenvalue weighted by atomic mass is 16.2. The number of nitrogens with two attached hydrogens (primary N) is 1. The van der Waals surface area contributed by atoms with E-state index < -0.39 is 5.91 Å². The molecule has 1 amide bonds. The molecule has 0 aliphatic carbocycles. The number of hydrogen-bond donors (Lipinski definition) is 2. The number of aromatic nitrogens is 3. The summed E-state index contributed by atoms with van der Waals surface area (Å²) >= 11 is 0. The Kier molecular flexibility index (Phi) is 5.69. The van der Waals surface area contributed by atoms with Gasteiger partial charge in [-0.25, -0.2) is 9.97 Å². The fourth-order valence-electron chi connectivity index (χ4n) is 3.22. The molecular formula is C25H21N5O2. The van der Waals surface area contributed by atoms with Gasteiger partial charge in [-0.05, 0) is 56.3 Å². The van der Waals surface area contributed by atoms with Crippen molar-refractivity contribution in [2.75, 3.05) is 5.73 Å². The number of carbonyl (C=O) groups excluding carboxylic acids is 1. The Morgan fingerprint density at radius 1 is 1.06 bits per heavy atom. The molecule has 4 aromatic rings. The summed E-state index contributed by atoms with van der Waals surface area (Å²) in [4.78, 5) is 34.0. The predicted molar refractivity (Wildman–Crippen MR) is 125 cm³/mol. The van der Waals surface area contributed by atoms with Gasteiger partial charge >= 0.3 is 0 Å². The summed E-state index contributed by atoms with van der Waals surface area (Å²) in [5, 5.41) is 3.16. The summed E-state index contributed by atoms with van der Waals surface area (Å²) < 4.78 is 1.74. The van der Waals surface area contributed by atoms with Crippen LogP contribution in [0.5, 0.6) is 0 Å². The van der Waals surface area contributed by atoms with E-state index in [4.69, 9.17) is 5.73 Å². The number of nitrogens with one attached hydrogen (secondary N) is 1. The van der Waals surface area contributed by atoms with E-state index in [1.54, 1.807) is 41.2 Å². The number of pyridine rings is 3. The van der Waals surface area contributed by atoms with E-state index in [2.05, 4.69) is 27.1 Å². The summed E-state index contributed by atoms with van der Waals surface area (Å²) in [5.74, 6) is 6.18. The number of carbonyl (C=O) groups is 1. The van der Waals surface area contributed by atoms with Crippen LogP contribution in [-0.2, 0) is 0 Å². The Labute approximate surface area is 184 Å². The molecule has 0 atom stereocenters. The van der Waals surface area contributed by atoms with Crippen LogP contribution < -0.4 is 16.5 Å². The average Bonchev–Trinajstić information content (AvgIpc) is 2.79. The smallest absolute Gasteiger partial charge is 0.256 e. The Morgan fingerprint density at radius 2 is 1.88 bits per heavy atom. The van der Waals surface area contributed by atoms with Crippen molar-refractivity contribution in [3.63, 3.8) is 0 Å². The van der Waals surface area contributed by atoms with Crippen molar-refractivity contribution in [2.45, 2.75) is 19.9 Å². The molecule has 4 rings (SSSR count). The minimum Gasteiger partial charge on any atom is -0.384 e. The normalized spacial score (nSPS) is 10.6. The molecule has 7 heteroatoms. The molecule has 0 radical (unpaired) electrons. The Balaban J connectivity index is 1.82. The summed E-state index contributed by atoms with van der Waals surface area (Å²) in [6, 6.07) is 14.2. The summed E-state index contributed by atoms with van der Waals surface area (Å²) in [6.07, 6.45) is 4.76. The molecule has 0 unspecified atom stereocenters. The molecule has 0 aliphatic heterocycles. The summed E-state index contributed by atoms with van der Waals surface area (Å²) in [5.41, 5.74) is 8.02. The molecule has 3 heterocycles. The van der Waals surface area contributed by atoms with E-state index in [0.717, 1.165) is 16.8 Å². The molecule has 32 heavy (non-hydrogen) atoms. The highest BCUT2D eigenvalue weighted by Crippen LogP contribution is 2.17. The fourth-order valence-corrected chi connectivity index (χ4v) is 3.22. The van der Waals surface area contributed by atoms with Crippen molar-refractivity contribution in [1.29, 1.82) is 0 Å². The monoisotopic (exact) mass is 423 g/mol. The minimum atomic E-state index is -0.420. The average molecular weight is 423 g/mol. The SMILES string of the molecule is CC(C)NC(=O)c1cn(-c2cccc(C#Cc3ccc(N)nc3)c2)c2ncccc2c1=O. The first-order chi connectivity index (χ1) is 15.4. The first-order valence-electron chi connectivity index (χ1n) is 10.1. The molecule has 0 saturated heterocycles. The second-order valence-corrected chi connectivity index (χ2v) is 7.52. The lowest BCUT2D eigenvalue weighted by Gasteiger charge is -2.14. The topological polar surface area (TPSA) is 103 Å².